The SMILES string of the molecule is Cc1cccc(NC(=O)N2CCC3(CC2)SCC(=O)N3Cc2ccco2)c1. The highest BCUT2D eigenvalue weighted by molar-refractivity contribution is 8.01. The molecule has 0 unspecified atom stereocenters. The van der Waals surface area contributed by atoms with Crippen LogP contribution in [0.4, 0.5) is 10.5 Å². The van der Waals surface area contributed by atoms with Gasteiger partial charge in [-0.25, -0.2) is 4.79 Å². The van der Waals surface area contributed by atoms with E-state index in [0.717, 1.165) is 29.9 Å². The Labute approximate surface area is 162 Å². The third kappa shape index (κ3) is 3.69. The third-order valence-electron chi connectivity index (χ3n) is 5.25. The maximum absolute atomic E-state index is 12.6. The van der Waals surface area contributed by atoms with E-state index in [9.17, 15) is 9.59 Å². The molecular formula is C20H23N3O3S. The summed E-state index contributed by atoms with van der Waals surface area (Å²) in [5.74, 6) is 1.44. The van der Waals surface area contributed by atoms with Gasteiger partial charge in [-0.2, -0.15) is 0 Å². The number of urea groups is 1. The van der Waals surface area contributed by atoms with Crippen molar-refractivity contribution in [2.75, 3.05) is 24.2 Å². The predicted molar refractivity (Wildman–Crippen MR) is 105 cm³/mol. The van der Waals surface area contributed by atoms with Gasteiger partial charge in [0.1, 0.15) is 5.76 Å². The summed E-state index contributed by atoms with van der Waals surface area (Å²) in [7, 11) is 0. The molecule has 142 valence electrons. The molecule has 7 heteroatoms. The van der Waals surface area contributed by atoms with Crippen molar-refractivity contribution in [1.82, 2.24) is 9.80 Å². The maximum atomic E-state index is 12.6. The van der Waals surface area contributed by atoms with Gasteiger partial charge in [0.15, 0.2) is 0 Å². The Morgan fingerprint density at radius 1 is 1.26 bits per heavy atom. The van der Waals surface area contributed by atoms with Crippen molar-refractivity contribution in [1.29, 1.82) is 0 Å². The molecule has 2 fully saturated rings. The van der Waals surface area contributed by atoms with Gasteiger partial charge in [-0.3, -0.25) is 4.79 Å². The smallest absolute Gasteiger partial charge is 0.321 e. The molecule has 1 spiro atoms. The molecule has 0 radical (unpaired) electrons. The third-order valence-corrected chi connectivity index (χ3v) is 6.81. The Morgan fingerprint density at radius 2 is 2.07 bits per heavy atom. The number of amides is 3. The van der Waals surface area contributed by atoms with Gasteiger partial charge in [-0.1, -0.05) is 12.1 Å². The lowest BCUT2D eigenvalue weighted by Gasteiger charge is -2.43. The quantitative estimate of drug-likeness (QED) is 0.875. The van der Waals surface area contributed by atoms with Crippen LogP contribution in [0, 0.1) is 6.92 Å². The summed E-state index contributed by atoms with van der Waals surface area (Å²) in [4.78, 5) is 28.6. The summed E-state index contributed by atoms with van der Waals surface area (Å²) in [6, 6.07) is 11.4. The van der Waals surface area contributed by atoms with Crippen LogP contribution in [-0.4, -0.2) is 45.5 Å². The van der Waals surface area contributed by atoms with Gasteiger partial charge in [0.05, 0.1) is 23.4 Å². The number of piperidine rings is 1. The highest BCUT2D eigenvalue weighted by Crippen LogP contribution is 2.45. The minimum atomic E-state index is -0.232. The van der Waals surface area contributed by atoms with Crippen molar-refractivity contribution in [2.24, 2.45) is 0 Å². The summed E-state index contributed by atoms with van der Waals surface area (Å²) in [6.45, 7) is 3.76. The van der Waals surface area contributed by atoms with Crippen molar-refractivity contribution in [3.05, 3.63) is 54.0 Å². The fraction of sp³-hybridized carbons (Fsp3) is 0.400. The highest BCUT2D eigenvalue weighted by atomic mass is 32.2. The predicted octanol–water partition coefficient (Wildman–Crippen LogP) is 3.69. The van der Waals surface area contributed by atoms with E-state index in [2.05, 4.69) is 5.32 Å². The highest BCUT2D eigenvalue weighted by Gasteiger charge is 2.48. The van der Waals surface area contributed by atoms with E-state index in [0.29, 0.717) is 25.4 Å². The molecular weight excluding hydrogens is 362 g/mol. The van der Waals surface area contributed by atoms with E-state index in [4.69, 9.17) is 4.42 Å². The van der Waals surface area contributed by atoms with Crippen molar-refractivity contribution < 1.29 is 14.0 Å². The topological polar surface area (TPSA) is 65.8 Å². The zero-order valence-electron chi connectivity index (χ0n) is 15.3. The number of thioether (sulfide) groups is 1. The number of rotatable bonds is 3. The van der Waals surface area contributed by atoms with Crippen molar-refractivity contribution >= 4 is 29.4 Å². The molecule has 27 heavy (non-hydrogen) atoms. The van der Waals surface area contributed by atoms with Crippen LogP contribution in [0.2, 0.25) is 0 Å². The molecule has 1 aromatic heterocycles. The van der Waals surface area contributed by atoms with Crippen molar-refractivity contribution in [2.45, 2.75) is 31.2 Å². The Morgan fingerprint density at radius 3 is 2.78 bits per heavy atom. The second kappa shape index (κ2) is 7.31. The Hall–Kier alpha value is -2.41. The second-order valence-corrected chi connectivity index (χ2v) is 8.42. The van der Waals surface area contributed by atoms with Gasteiger partial charge >= 0.3 is 6.03 Å². The lowest BCUT2D eigenvalue weighted by Crippen LogP contribution is -2.53. The number of furan rings is 1. The van der Waals surface area contributed by atoms with Crippen LogP contribution in [0.1, 0.15) is 24.2 Å². The molecule has 3 heterocycles. The molecule has 0 aliphatic carbocycles. The first-order chi connectivity index (χ1) is 13.1. The van der Waals surface area contributed by atoms with E-state index in [1.165, 1.54) is 0 Å². The van der Waals surface area contributed by atoms with Crippen molar-refractivity contribution in [3.63, 3.8) is 0 Å². The molecule has 2 saturated heterocycles. The van der Waals surface area contributed by atoms with Crippen LogP contribution in [0.25, 0.3) is 0 Å². The first-order valence-electron chi connectivity index (χ1n) is 9.15. The number of likely N-dealkylation sites (tertiary alicyclic amines) is 1. The van der Waals surface area contributed by atoms with Gasteiger partial charge in [-0.05, 0) is 49.6 Å². The minimum Gasteiger partial charge on any atom is -0.467 e. The summed E-state index contributed by atoms with van der Waals surface area (Å²) in [6.07, 6.45) is 3.17. The summed E-state index contributed by atoms with van der Waals surface area (Å²) < 4.78 is 5.44. The number of aryl methyl sites for hydroxylation is 1. The summed E-state index contributed by atoms with van der Waals surface area (Å²) >= 11 is 1.70. The molecule has 2 aromatic rings. The van der Waals surface area contributed by atoms with Gasteiger partial charge in [0.2, 0.25) is 5.91 Å². The molecule has 6 nitrogen and oxygen atoms in total. The van der Waals surface area contributed by atoms with Crippen LogP contribution in [-0.2, 0) is 11.3 Å². The maximum Gasteiger partial charge on any atom is 0.321 e. The van der Waals surface area contributed by atoms with Gasteiger partial charge in [0, 0.05) is 18.8 Å². The van der Waals surface area contributed by atoms with E-state index in [1.807, 2.05) is 53.1 Å². The molecule has 3 amide bonds. The van der Waals surface area contributed by atoms with Crippen LogP contribution in [0.3, 0.4) is 0 Å². The normalized spacial score (nSPS) is 18.9. The molecule has 0 saturated carbocycles. The fourth-order valence-electron chi connectivity index (χ4n) is 3.77. The number of anilines is 1. The average molecular weight is 385 g/mol. The van der Waals surface area contributed by atoms with Crippen LogP contribution < -0.4 is 5.32 Å². The largest absolute Gasteiger partial charge is 0.467 e. The standard InChI is InChI=1S/C20H23N3O3S/c1-15-4-2-5-16(12-15)21-19(25)22-9-7-20(8-10-22)23(18(24)14-27-20)13-17-6-3-11-26-17/h2-6,11-12H,7-10,13-14H2,1H3,(H,21,25). The number of nitrogens with zero attached hydrogens (tertiary/aromatic N) is 2. The summed E-state index contributed by atoms with van der Waals surface area (Å²) in [5, 5.41) is 2.97. The number of nitrogens with one attached hydrogen (secondary N) is 1. The van der Waals surface area contributed by atoms with E-state index in [-0.39, 0.29) is 16.8 Å². The lowest BCUT2D eigenvalue weighted by atomic mass is 10.0. The number of carbonyl (C=O) groups excluding carboxylic acids is 2. The number of benzene rings is 1. The van der Waals surface area contributed by atoms with E-state index < -0.39 is 0 Å². The number of hydrogen-bond acceptors (Lipinski definition) is 4. The molecule has 1 N–H and O–H groups in total. The Balaban J connectivity index is 1.40. The zero-order valence-corrected chi connectivity index (χ0v) is 16.1. The average Bonchev–Trinajstić information content (AvgIpc) is 3.27. The molecule has 2 aliphatic heterocycles. The van der Waals surface area contributed by atoms with Crippen LogP contribution >= 0.6 is 11.8 Å². The fourth-order valence-corrected chi connectivity index (χ4v) is 5.11. The Kier molecular flexibility index (Phi) is 4.86. The number of carbonyl (C=O) groups is 2. The van der Waals surface area contributed by atoms with Gasteiger partial charge in [0.25, 0.3) is 0 Å². The monoisotopic (exact) mass is 385 g/mol. The van der Waals surface area contributed by atoms with E-state index >= 15 is 0 Å². The van der Waals surface area contributed by atoms with Gasteiger partial charge in [-0.15, -0.1) is 11.8 Å². The lowest BCUT2D eigenvalue weighted by molar-refractivity contribution is -0.132. The minimum absolute atomic E-state index is 0.0811. The summed E-state index contributed by atoms with van der Waals surface area (Å²) in [5.41, 5.74) is 1.92. The first-order valence-corrected chi connectivity index (χ1v) is 10.1. The molecule has 4 rings (SSSR count). The molecule has 0 bridgehead atoms. The van der Waals surface area contributed by atoms with Crippen LogP contribution in [0.5, 0.6) is 0 Å². The molecule has 1 aromatic carbocycles. The molecule has 0 atom stereocenters. The molecule has 2 aliphatic rings. The number of hydrogen-bond donors (Lipinski definition) is 1. The first kappa shape index (κ1) is 18.0. The second-order valence-electron chi connectivity index (χ2n) is 7.08. The van der Waals surface area contributed by atoms with Crippen LogP contribution in [0.15, 0.2) is 47.1 Å². The van der Waals surface area contributed by atoms with E-state index in [1.54, 1.807) is 18.0 Å². The van der Waals surface area contributed by atoms with Crippen molar-refractivity contribution in [3.8, 4) is 0 Å². The van der Waals surface area contributed by atoms with Gasteiger partial charge < -0.3 is 19.5 Å². The Bertz CT molecular complexity index is 829. The zero-order chi connectivity index (χ0) is 18.9.